The van der Waals surface area contributed by atoms with Gasteiger partial charge in [0, 0.05) is 11.6 Å². The molecule has 0 bridgehead atoms. The minimum Gasteiger partial charge on any atom is -0.490 e. The number of rotatable bonds is 9. The van der Waals surface area contributed by atoms with Gasteiger partial charge in [-0.3, -0.25) is 0 Å². The number of hydrogen-bond acceptors (Lipinski definition) is 3. The van der Waals surface area contributed by atoms with Gasteiger partial charge >= 0.3 is 0 Å². The van der Waals surface area contributed by atoms with Crippen molar-refractivity contribution in [3.05, 3.63) is 90.0 Å². The third kappa shape index (κ3) is 5.35. The van der Waals surface area contributed by atoms with Gasteiger partial charge in [-0.1, -0.05) is 93.6 Å². The van der Waals surface area contributed by atoms with Crippen molar-refractivity contribution in [1.29, 1.82) is 0 Å². The number of alkyl halides is 2. The maximum atomic E-state index is 13.6. The first-order valence-corrected chi connectivity index (χ1v) is 13.1. The van der Waals surface area contributed by atoms with Crippen LogP contribution in [0.1, 0.15) is 51.3 Å². The second-order valence-corrected chi connectivity index (χ2v) is 13.5. The molecule has 0 heterocycles. The first kappa shape index (κ1) is 25.1. The van der Waals surface area contributed by atoms with E-state index in [2.05, 4.69) is 45.0 Å². The predicted octanol–water partition coefficient (Wildman–Crippen LogP) is 5.60. The molecule has 2 N–H and O–H groups in total. The molecule has 6 heteroatoms. The SMILES string of the molecule is C[C@@H](N)c1cccc(C(F)F)c1OCCO[Si](c1ccccc1)(c1ccccc1)C(C)(C)C. The van der Waals surface area contributed by atoms with E-state index >= 15 is 0 Å². The van der Waals surface area contributed by atoms with Gasteiger partial charge in [0.2, 0.25) is 0 Å². The number of para-hydroxylation sites is 1. The van der Waals surface area contributed by atoms with E-state index in [1.165, 1.54) is 6.07 Å². The molecule has 1 atom stereocenters. The molecular weight excluding hydrogens is 436 g/mol. The van der Waals surface area contributed by atoms with Crippen molar-refractivity contribution in [3.63, 3.8) is 0 Å². The zero-order chi connectivity index (χ0) is 24.1. The molecule has 3 rings (SSSR count). The molecule has 0 aliphatic rings. The fourth-order valence-electron chi connectivity index (χ4n) is 4.37. The fourth-order valence-corrected chi connectivity index (χ4v) is 8.92. The van der Waals surface area contributed by atoms with Crippen molar-refractivity contribution in [1.82, 2.24) is 0 Å². The largest absolute Gasteiger partial charge is 0.490 e. The highest BCUT2D eigenvalue weighted by molar-refractivity contribution is 6.99. The molecule has 0 unspecified atom stereocenters. The number of ether oxygens (including phenoxy) is 1. The van der Waals surface area contributed by atoms with E-state index in [4.69, 9.17) is 14.9 Å². The van der Waals surface area contributed by atoms with E-state index in [1.807, 2.05) is 36.4 Å². The molecule has 0 saturated carbocycles. The Balaban J connectivity index is 1.92. The molecule has 0 aromatic heterocycles. The Kier molecular flexibility index (Phi) is 8.05. The second kappa shape index (κ2) is 10.6. The van der Waals surface area contributed by atoms with Crippen LogP contribution in [-0.2, 0) is 4.43 Å². The molecule has 0 fully saturated rings. The summed E-state index contributed by atoms with van der Waals surface area (Å²) in [6, 6.07) is 24.9. The Morgan fingerprint density at radius 3 is 1.76 bits per heavy atom. The summed E-state index contributed by atoms with van der Waals surface area (Å²) in [6.45, 7) is 8.76. The summed E-state index contributed by atoms with van der Waals surface area (Å²) in [5.74, 6) is 0.161. The average molecular weight is 470 g/mol. The van der Waals surface area contributed by atoms with Crippen LogP contribution in [0.25, 0.3) is 0 Å². The van der Waals surface area contributed by atoms with E-state index in [-0.39, 0.29) is 29.6 Å². The zero-order valence-electron chi connectivity index (χ0n) is 19.7. The van der Waals surface area contributed by atoms with Gasteiger partial charge in [-0.25, -0.2) is 8.78 Å². The normalized spacial score (nSPS) is 13.2. The van der Waals surface area contributed by atoms with E-state index in [1.54, 1.807) is 19.1 Å². The van der Waals surface area contributed by atoms with Crippen LogP contribution >= 0.6 is 0 Å². The van der Waals surface area contributed by atoms with E-state index in [9.17, 15) is 8.78 Å². The molecular formula is C27H33F2NO2Si. The van der Waals surface area contributed by atoms with Crippen LogP contribution in [0, 0.1) is 0 Å². The van der Waals surface area contributed by atoms with Crippen molar-refractivity contribution >= 4 is 18.7 Å². The number of hydrogen-bond donors (Lipinski definition) is 1. The van der Waals surface area contributed by atoms with E-state index < -0.39 is 20.8 Å². The average Bonchev–Trinajstić information content (AvgIpc) is 2.79. The molecule has 0 aliphatic heterocycles. The Labute approximate surface area is 196 Å². The van der Waals surface area contributed by atoms with Crippen molar-refractivity contribution in [2.24, 2.45) is 5.73 Å². The van der Waals surface area contributed by atoms with Gasteiger partial charge in [-0.15, -0.1) is 0 Å². The summed E-state index contributed by atoms with van der Waals surface area (Å²) in [5.41, 5.74) is 6.44. The molecule has 3 aromatic rings. The molecule has 0 aliphatic carbocycles. The smallest absolute Gasteiger partial charge is 0.267 e. The van der Waals surface area contributed by atoms with Crippen molar-refractivity contribution in [2.75, 3.05) is 13.2 Å². The van der Waals surface area contributed by atoms with Crippen LogP contribution in [0.4, 0.5) is 8.78 Å². The lowest BCUT2D eigenvalue weighted by Crippen LogP contribution is -2.66. The fraction of sp³-hybridized carbons (Fsp3) is 0.333. The number of benzene rings is 3. The van der Waals surface area contributed by atoms with Gasteiger partial charge < -0.3 is 14.9 Å². The lowest BCUT2D eigenvalue weighted by Gasteiger charge is -2.43. The van der Waals surface area contributed by atoms with Crippen molar-refractivity contribution < 1.29 is 17.9 Å². The minimum atomic E-state index is -2.71. The van der Waals surface area contributed by atoms with Gasteiger partial charge in [0.05, 0.1) is 12.2 Å². The maximum Gasteiger partial charge on any atom is 0.267 e. The molecule has 0 saturated heterocycles. The van der Waals surface area contributed by atoms with Gasteiger partial charge in [0.1, 0.15) is 12.4 Å². The summed E-state index contributed by atoms with van der Waals surface area (Å²) in [7, 11) is -2.71. The standard InChI is InChI=1S/C27H33F2NO2Si/c1-20(30)23-16-11-17-24(26(28)29)25(23)31-18-19-32-33(27(2,3)4,21-12-7-5-8-13-21)22-14-9-6-10-15-22/h5-17,20,26H,18-19,30H2,1-4H3/t20-/m1/s1. The van der Waals surface area contributed by atoms with Gasteiger partial charge in [-0.2, -0.15) is 0 Å². The van der Waals surface area contributed by atoms with Crippen LogP contribution in [0.3, 0.4) is 0 Å². The summed E-state index contributed by atoms with van der Waals surface area (Å²) < 4.78 is 39.9. The summed E-state index contributed by atoms with van der Waals surface area (Å²) in [6.07, 6.45) is -2.64. The molecule has 3 nitrogen and oxygen atoms in total. The lowest BCUT2D eigenvalue weighted by atomic mass is 10.0. The molecule has 33 heavy (non-hydrogen) atoms. The first-order valence-electron chi connectivity index (χ1n) is 11.2. The van der Waals surface area contributed by atoms with E-state index in [0.717, 1.165) is 10.4 Å². The van der Waals surface area contributed by atoms with Crippen LogP contribution in [0.15, 0.2) is 78.9 Å². The Hall–Kier alpha value is -2.54. The van der Waals surface area contributed by atoms with Crippen LogP contribution in [-0.4, -0.2) is 21.5 Å². The molecule has 0 amide bonds. The lowest BCUT2D eigenvalue weighted by molar-refractivity contribution is 0.141. The molecule has 0 radical (unpaired) electrons. The molecule has 176 valence electrons. The zero-order valence-corrected chi connectivity index (χ0v) is 20.7. The van der Waals surface area contributed by atoms with Gasteiger partial charge in [-0.05, 0) is 28.4 Å². The Morgan fingerprint density at radius 2 is 1.30 bits per heavy atom. The van der Waals surface area contributed by atoms with Gasteiger partial charge in [0.15, 0.2) is 0 Å². The third-order valence-corrected chi connectivity index (χ3v) is 10.9. The van der Waals surface area contributed by atoms with E-state index in [0.29, 0.717) is 5.56 Å². The monoisotopic (exact) mass is 469 g/mol. The number of nitrogens with two attached hydrogens (primary N) is 1. The highest BCUT2D eigenvalue weighted by Gasteiger charge is 2.50. The second-order valence-electron chi connectivity index (χ2n) is 9.22. The predicted molar refractivity (Wildman–Crippen MR) is 133 cm³/mol. The van der Waals surface area contributed by atoms with Gasteiger partial charge in [0.25, 0.3) is 14.7 Å². The third-order valence-electron chi connectivity index (χ3n) is 5.87. The van der Waals surface area contributed by atoms with Crippen LogP contribution in [0.5, 0.6) is 5.75 Å². The molecule has 0 spiro atoms. The van der Waals surface area contributed by atoms with Crippen molar-refractivity contribution in [2.45, 2.75) is 45.2 Å². The highest BCUT2D eigenvalue weighted by Crippen LogP contribution is 2.37. The maximum absolute atomic E-state index is 13.6. The minimum absolute atomic E-state index is 0.143. The van der Waals surface area contributed by atoms with Crippen LogP contribution < -0.4 is 20.8 Å². The summed E-state index contributed by atoms with van der Waals surface area (Å²) in [5, 5.41) is 2.15. The molecule has 3 aromatic carbocycles. The topological polar surface area (TPSA) is 44.5 Å². The first-order chi connectivity index (χ1) is 15.7. The summed E-state index contributed by atoms with van der Waals surface area (Å²) in [4.78, 5) is 0. The van der Waals surface area contributed by atoms with Crippen LogP contribution in [0.2, 0.25) is 5.04 Å². The quantitative estimate of drug-likeness (QED) is 0.328. The summed E-state index contributed by atoms with van der Waals surface area (Å²) >= 11 is 0. The highest BCUT2D eigenvalue weighted by atomic mass is 28.4. The number of halogens is 2. The Bertz CT molecular complexity index is 956. The van der Waals surface area contributed by atoms with Crippen molar-refractivity contribution in [3.8, 4) is 5.75 Å². The Morgan fingerprint density at radius 1 is 0.788 bits per heavy atom.